The number of anilines is 1. The number of rotatable bonds is 4. The molecule has 0 heterocycles. The Labute approximate surface area is 111 Å². The Morgan fingerprint density at radius 3 is 2.42 bits per heavy atom. The molecule has 96 valence electrons. The van der Waals surface area contributed by atoms with Crippen molar-refractivity contribution in [2.24, 2.45) is 4.99 Å². The van der Waals surface area contributed by atoms with Gasteiger partial charge in [0.15, 0.2) is 0 Å². The van der Waals surface area contributed by atoms with Crippen LogP contribution in [0.3, 0.4) is 0 Å². The van der Waals surface area contributed by atoms with Crippen LogP contribution in [0.25, 0.3) is 0 Å². The van der Waals surface area contributed by atoms with Gasteiger partial charge in [-0.3, -0.25) is 9.79 Å². The highest BCUT2D eigenvalue weighted by atomic mass is 16.5. The zero-order valence-corrected chi connectivity index (χ0v) is 10.5. The minimum Gasteiger partial charge on any atom is -0.494 e. The molecule has 2 aromatic rings. The molecule has 0 aliphatic rings. The third kappa shape index (κ3) is 3.19. The summed E-state index contributed by atoms with van der Waals surface area (Å²) in [6, 6.07) is 12.5. The van der Waals surface area contributed by atoms with Crippen LogP contribution in [-0.2, 0) is 0 Å². The molecule has 0 amide bonds. The van der Waals surface area contributed by atoms with E-state index < -0.39 is 0 Å². The summed E-state index contributed by atoms with van der Waals surface area (Å²) in [6.45, 7) is 0. The standard InChI is InChI=1S/C15H14N2O2/c1-19-15-8-12(10-18)4-7-14(15)17-9-11-2-5-13(16)6-3-11/h2-10H,16H2,1H3. The third-order valence-corrected chi connectivity index (χ3v) is 2.63. The molecule has 19 heavy (non-hydrogen) atoms. The number of carbonyl (C=O) groups excluding carboxylic acids is 1. The molecule has 2 N–H and O–H groups in total. The summed E-state index contributed by atoms with van der Waals surface area (Å²) in [7, 11) is 1.55. The number of benzene rings is 2. The summed E-state index contributed by atoms with van der Waals surface area (Å²) in [6.07, 6.45) is 2.49. The molecule has 4 nitrogen and oxygen atoms in total. The molecule has 0 aliphatic heterocycles. The van der Waals surface area contributed by atoms with Crippen LogP contribution < -0.4 is 10.5 Å². The van der Waals surface area contributed by atoms with E-state index in [1.54, 1.807) is 31.5 Å². The zero-order chi connectivity index (χ0) is 13.7. The van der Waals surface area contributed by atoms with Crippen LogP contribution in [0.15, 0.2) is 47.5 Å². The van der Waals surface area contributed by atoms with Crippen molar-refractivity contribution in [1.82, 2.24) is 0 Å². The summed E-state index contributed by atoms with van der Waals surface area (Å²) in [4.78, 5) is 15.0. The quantitative estimate of drug-likeness (QED) is 0.518. The minimum absolute atomic E-state index is 0.559. The predicted octanol–water partition coefficient (Wildman–Crippen LogP) is 2.84. The first-order valence-electron chi connectivity index (χ1n) is 5.76. The van der Waals surface area contributed by atoms with Gasteiger partial charge in [-0.15, -0.1) is 0 Å². The fraction of sp³-hybridized carbons (Fsp3) is 0.0667. The van der Waals surface area contributed by atoms with Gasteiger partial charge in [-0.2, -0.15) is 0 Å². The number of carbonyl (C=O) groups is 1. The summed E-state index contributed by atoms with van der Waals surface area (Å²) in [5, 5.41) is 0. The average molecular weight is 254 g/mol. The number of nitrogens with zero attached hydrogens (tertiary/aromatic N) is 1. The third-order valence-electron chi connectivity index (χ3n) is 2.63. The van der Waals surface area contributed by atoms with Crippen LogP contribution in [0.1, 0.15) is 15.9 Å². The molecule has 0 unspecified atom stereocenters. The minimum atomic E-state index is 0.559. The Kier molecular flexibility index (Phi) is 3.93. The van der Waals surface area contributed by atoms with E-state index in [9.17, 15) is 4.79 Å². The van der Waals surface area contributed by atoms with Gasteiger partial charge in [-0.05, 0) is 35.9 Å². The van der Waals surface area contributed by atoms with Gasteiger partial charge in [0.05, 0.1) is 7.11 Å². The number of ether oxygens (including phenoxy) is 1. The van der Waals surface area contributed by atoms with E-state index in [4.69, 9.17) is 10.5 Å². The Morgan fingerprint density at radius 1 is 1.11 bits per heavy atom. The first-order chi connectivity index (χ1) is 9.22. The highest BCUT2D eigenvalue weighted by Crippen LogP contribution is 2.27. The number of nitrogen functional groups attached to an aromatic ring is 1. The van der Waals surface area contributed by atoms with E-state index in [1.807, 2.05) is 24.3 Å². The van der Waals surface area contributed by atoms with E-state index >= 15 is 0 Å². The summed E-state index contributed by atoms with van der Waals surface area (Å²) in [5.74, 6) is 0.566. The summed E-state index contributed by atoms with van der Waals surface area (Å²) >= 11 is 0. The average Bonchev–Trinajstić information content (AvgIpc) is 2.46. The van der Waals surface area contributed by atoms with Crippen LogP contribution >= 0.6 is 0 Å². The fourth-order valence-electron chi connectivity index (χ4n) is 1.60. The predicted molar refractivity (Wildman–Crippen MR) is 76.5 cm³/mol. The highest BCUT2D eigenvalue weighted by molar-refractivity contribution is 5.84. The van der Waals surface area contributed by atoms with Gasteiger partial charge in [0.2, 0.25) is 0 Å². The van der Waals surface area contributed by atoms with Gasteiger partial charge >= 0.3 is 0 Å². The fourth-order valence-corrected chi connectivity index (χ4v) is 1.60. The highest BCUT2D eigenvalue weighted by Gasteiger charge is 2.02. The van der Waals surface area contributed by atoms with Crippen molar-refractivity contribution in [1.29, 1.82) is 0 Å². The lowest BCUT2D eigenvalue weighted by Gasteiger charge is -2.04. The lowest BCUT2D eigenvalue weighted by atomic mass is 10.2. The molecule has 0 bridgehead atoms. The molecule has 2 rings (SSSR count). The van der Waals surface area contributed by atoms with Crippen LogP contribution in [-0.4, -0.2) is 19.6 Å². The number of nitrogens with two attached hydrogens (primary N) is 1. The van der Waals surface area contributed by atoms with Crippen molar-refractivity contribution in [3.8, 4) is 5.75 Å². The Bertz CT molecular complexity index is 604. The molecule has 0 saturated heterocycles. The van der Waals surface area contributed by atoms with Crippen LogP contribution in [0.4, 0.5) is 11.4 Å². The van der Waals surface area contributed by atoms with Gasteiger partial charge < -0.3 is 10.5 Å². The van der Waals surface area contributed by atoms with E-state index in [1.165, 1.54) is 0 Å². The largest absolute Gasteiger partial charge is 0.494 e. The molecule has 0 aromatic heterocycles. The van der Waals surface area contributed by atoms with Gasteiger partial charge in [-0.1, -0.05) is 12.1 Å². The number of aldehydes is 1. The van der Waals surface area contributed by atoms with Crippen molar-refractivity contribution in [2.45, 2.75) is 0 Å². The number of hydrogen-bond acceptors (Lipinski definition) is 4. The summed E-state index contributed by atoms with van der Waals surface area (Å²) in [5.41, 5.74) is 8.50. The van der Waals surface area contributed by atoms with Crippen molar-refractivity contribution in [3.63, 3.8) is 0 Å². The van der Waals surface area contributed by atoms with Gasteiger partial charge in [0.1, 0.15) is 17.7 Å². The number of hydrogen-bond donors (Lipinski definition) is 1. The molecular formula is C15H14N2O2. The Morgan fingerprint density at radius 2 is 1.79 bits per heavy atom. The zero-order valence-electron chi connectivity index (χ0n) is 10.5. The van der Waals surface area contributed by atoms with Gasteiger partial charge in [-0.25, -0.2) is 0 Å². The van der Waals surface area contributed by atoms with Gasteiger partial charge in [0, 0.05) is 17.5 Å². The number of aliphatic imine (C=N–C) groups is 1. The molecule has 0 fully saturated rings. The molecule has 2 aromatic carbocycles. The van der Waals surface area contributed by atoms with Crippen molar-refractivity contribution < 1.29 is 9.53 Å². The molecule has 0 radical (unpaired) electrons. The van der Waals surface area contributed by atoms with E-state index in [0.717, 1.165) is 11.8 Å². The smallest absolute Gasteiger partial charge is 0.150 e. The van der Waals surface area contributed by atoms with Crippen molar-refractivity contribution in [3.05, 3.63) is 53.6 Å². The van der Waals surface area contributed by atoms with Crippen LogP contribution in [0.2, 0.25) is 0 Å². The maximum absolute atomic E-state index is 10.7. The Balaban J connectivity index is 2.27. The Hall–Kier alpha value is -2.62. The SMILES string of the molecule is COc1cc(C=O)ccc1N=Cc1ccc(N)cc1. The molecule has 0 atom stereocenters. The molecule has 0 saturated carbocycles. The maximum Gasteiger partial charge on any atom is 0.150 e. The summed E-state index contributed by atoms with van der Waals surface area (Å²) < 4.78 is 5.20. The van der Waals surface area contributed by atoms with E-state index in [-0.39, 0.29) is 0 Å². The first kappa shape index (κ1) is 12.8. The molecular weight excluding hydrogens is 240 g/mol. The molecule has 0 aliphatic carbocycles. The van der Waals surface area contributed by atoms with Crippen LogP contribution in [0.5, 0.6) is 5.75 Å². The normalized spacial score (nSPS) is 10.6. The second kappa shape index (κ2) is 5.82. The second-order valence-electron chi connectivity index (χ2n) is 3.97. The van der Waals surface area contributed by atoms with Crippen molar-refractivity contribution in [2.75, 3.05) is 12.8 Å². The maximum atomic E-state index is 10.7. The topological polar surface area (TPSA) is 64.7 Å². The van der Waals surface area contributed by atoms with E-state index in [2.05, 4.69) is 4.99 Å². The second-order valence-corrected chi connectivity index (χ2v) is 3.97. The number of methoxy groups -OCH3 is 1. The molecule has 4 heteroatoms. The molecule has 0 spiro atoms. The van der Waals surface area contributed by atoms with Gasteiger partial charge in [0.25, 0.3) is 0 Å². The lowest BCUT2D eigenvalue weighted by molar-refractivity contribution is 0.112. The first-order valence-corrected chi connectivity index (χ1v) is 5.76. The van der Waals surface area contributed by atoms with Crippen LogP contribution in [0, 0.1) is 0 Å². The lowest BCUT2D eigenvalue weighted by Crippen LogP contribution is -1.88. The van der Waals surface area contributed by atoms with Crippen molar-refractivity contribution >= 4 is 23.9 Å². The monoisotopic (exact) mass is 254 g/mol. The van der Waals surface area contributed by atoms with E-state index in [0.29, 0.717) is 22.7 Å².